The summed E-state index contributed by atoms with van der Waals surface area (Å²) in [6.07, 6.45) is -0.144. The van der Waals surface area contributed by atoms with Gasteiger partial charge < -0.3 is 4.74 Å². The summed E-state index contributed by atoms with van der Waals surface area (Å²) >= 11 is 0. The Bertz CT molecular complexity index is 864. The molecule has 2 fully saturated rings. The van der Waals surface area contributed by atoms with E-state index in [2.05, 4.69) is 0 Å². The van der Waals surface area contributed by atoms with Crippen molar-refractivity contribution >= 4 is 31.6 Å². The molecule has 1 aromatic carbocycles. The molecule has 2 aliphatic rings. The zero-order chi connectivity index (χ0) is 18.2. The molecule has 25 heavy (non-hydrogen) atoms. The number of benzene rings is 1. The highest BCUT2D eigenvalue weighted by Gasteiger charge is 2.38. The molecule has 2 heterocycles. The highest BCUT2D eigenvalue weighted by atomic mass is 32.2. The molecule has 0 radical (unpaired) electrons. The maximum absolute atomic E-state index is 12.9. The van der Waals surface area contributed by atoms with Gasteiger partial charge in [-0.25, -0.2) is 21.6 Å². The van der Waals surface area contributed by atoms with E-state index in [0.717, 1.165) is 0 Å². The molecule has 3 rings (SSSR count). The Labute approximate surface area is 147 Å². The number of amides is 1. The summed E-state index contributed by atoms with van der Waals surface area (Å²) in [5.41, 5.74) is 0.563. The second-order valence-electron chi connectivity index (χ2n) is 6.03. The molecule has 0 saturated carbocycles. The van der Waals surface area contributed by atoms with Gasteiger partial charge >= 0.3 is 6.09 Å². The summed E-state index contributed by atoms with van der Waals surface area (Å²) in [6, 6.07) is 5.44. The van der Waals surface area contributed by atoms with E-state index in [1.165, 1.54) is 21.3 Å². The molecule has 8 nitrogen and oxygen atoms in total. The Morgan fingerprint density at radius 2 is 1.96 bits per heavy atom. The van der Waals surface area contributed by atoms with Crippen molar-refractivity contribution in [3.05, 3.63) is 24.3 Å². The van der Waals surface area contributed by atoms with E-state index in [1.54, 1.807) is 19.1 Å². The van der Waals surface area contributed by atoms with Crippen LogP contribution in [0.4, 0.5) is 10.5 Å². The van der Waals surface area contributed by atoms with Crippen LogP contribution in [0, 0.1) is 0 Å². The van der Waals surface area contributed by atoms with Gasteiger partial charge in [-0.2, -0.15) is 4.31 Å². The summed E-state index contributed by atoms with van der Waals surface area (Å²) in [5.74, 6) is -0.128. The van der Waals surface area contributed by atoms with Gasteiger partial charge in [0.05, 0.1) is 22.9 Å². The molecule has 2 saturated heterocycles. The molecule has 1 atom stereocenters. The van der Waals surface area contributed by atoms with Crippen molar-refractivity contribution in [3.8, 4) is 0 Å². The van der Waals surface area contributed by atoms with Gasteiger partial charge in [-0.05, 0) is 30.7 Å². The summed E-state index contributed by atoms with van der Waals surface area (Å²) in [6.45, 7) is 2.62. The first-order chi connectivity index (χ1) is 11.7. The van der Waals surface area contributed by atoms with Gasteiger partial charge in [0, 0.05) is 18.3 Å². The Morgan fingerprint density at radius 1 is 1.28 bits per heavy atom. The first-order valence-corrected chi connectivity index (χ1v) is 11.3. The quantitative estimate of drug-likeness (QED) is 0.741. The number of sulfonamides is 1. The summed E-state index contributed by atoms with van der Waals surface area (Å²) < 4.78 is 55.2. The molecule has 1 aromatic rings. The second kappa shape index (κ2) is 6.58. The lowest BCUT2D eigenvalue weighted by Gasteiger charge is -2.26. The van der Waals surface area contributed by atoms with Gasteiger partial charge in [-0.1, -0.05) is 6.92 Å². The van der Waals surface area contributed by atoms with Crippen LogP contribution in [-0.4, -0.2) is 64.5 Å². The maximum atomic E-state index is 12.9. The number of cyclic esters (lactones) is 1. The minimum Gasteiger partial charge on any atom is -0.447 e. The topological polar surface area (TPSA) is 101 Å². The molecule has 1 amide bonds. The largest absolute Gasteiger partial charge is 0.447 e. The van der Waals surface area contributed by atoms with Crippen molar-refractivity contribution in [1.82, 2.24) is 4.31 Å². The van der Waals surface area contributed by atoms with Crippen molar-refractivity contribution in [2.75, 3.05) is 36.1 Å². The van der Waals surface area contributed by atoms with E-state index < -0.39 is 32.0 Å². The molecule has 2 aliphatic heterocycles. The molecule has 0 aromatic heterocycles. The van der Waals surface area contributed by atoms with Crippen LogP contribution in [0.2, 0.25) is 0 Å². The van der Waals surface area contributed by atoms with Crippen LogP contribution in [0.15, 0.2) is 29.2 Å². The normalized spacial score (nSPS) is 23.2. The fourth-order valence-electron chi connectivity index (χ4n) is 3.19. The van der Waals surface area contributed by atoms with Crippen molar-refractivity contribution in [3.63, 3.8) is 0 Å². The first-order valence-electron chi connectivity index (χ1n) is 8.01. The monoisotopic (exact) mass is 388 g/mol. The van der Waals surface area contributed by atoms with E-state index in [9.17, 15) is 21.6 Å². The molecule has 0 spiro atoms. The number of carbonyl (C=O) groups is 1. The third-order valence-electron chi connectivity index (χ3n) is 4.44. The zero-order valence-electron chi connectivity index (χ0n) is 13.8. The van der Waals surface area contributed by atoms with Gasteiger partial charge in [0.15, 0.2) is 9.84 Å². The first kappa shape index (κ1) is 18.2. The average molecular weight is 388 g/mol. The summed E-state index contributed by atoms with van der Waals surface area (Å²) in [5, 5.41) is 0. The minimum atomic E-state index is -3.80. The number of anilines is 1. The predicted molar refractivity (Wildman–Crippen MR) is 91.8 cm³/mol. The average Bonchev–Trinajstić information content (AvgIpc) is 3.13. The summed E-state index contributed by atoms with van der Waals surface area (Å²) in [4.78, 5) is 13.1. The molecular weight excluding hydrogens is 368 g/mol. The Morgan fingerprint density at radius 3 is 2.44 bits per heavy atom. The molecule has 0 aliphatic carbocycles. The third kappa shape index (κ3) is 3.51. The Kier molecular flexibility index (Phi) is 4.78. The number of sulfone groups is 1. The molecule has 10 heteroatoms. The van der Waals surface area contributed by atoms with Crippen molar-refractivity contribution in [1.29, 1.82) is 0 Å². The number of rotatable bonds is 5. The van der Waals surface area contributed by atoms with Crippen molar-refractivity contribution in [2.24, 2.45) is 0 Å². The molecule has 1 unspecified atom stereocenters. The number of carbonyl (C=O) groups excluding carboxylic acids is 1. The lowest BCUT2D eigenvalue weighted by atomic mass is 10.3. The van der Waals surface area contributed by atoms with E-state index >= 15 is 0 Å². The second-order valence-corrected chi connectivity index (χ2v) is 10.1. The number of hydrogen-bond donors (Lipinski definition) is 0. The van der Waals surface area contributed by atoms with E-state index in [4.69, 9.17) is 4.74 Å². The number of nitrogens with zero attached hydrogens (tertiary/aromatic N) is 2. The molecule has 0 bridgehead atoms. The fourth-order valence-corrected chi connectivity index (χ4v) is 6.68. The highest BCUT2D eigenvalue weighted by molar-refractivity contribution is 7.92. The van der Waals surface area contributed by atoms with Crippen LogP contribution < -0.4 is 4.90 Å². The van der Waals surface area contributed by atoms with Gasteiger partial charge in [-0.3, -0.25) is 4.90 Å². The molecular formula is C15H20N2O6S2. The van der Waals surface area contributed by atoms with Gasteiger partial charge in [0.1, 0.15) is 6.61 Å². The molecule has 0 N–H and O–H groups in total. The maximum Gasteiger partial charge on any atom is 0.414 e. The Hall–Kier alpha value is -1.65. The van der Waals surface area contributed by atoms with Crippen LogP contribution in [0.1, 0.15) is 13.3 Å². The van der Waals surface area contributed by atoms with Crippen molar-refractivity contribution in [2.45, 2.75) is 24.3 Å². The lowest BCUT2D eigenvalue weighted by molar-refractivity contribution is 0.181. The van der Waals surface area contributed by atoms with E-state index in [-0.39, 0.29) is 22.9 Å². The van der Waals surface area contributed by atoms with Crippen LogP contribution >= 0.6 is 0 Å². The predicted octanol–water partition coefficient (Wildman–Crippen LogP) is 0.841. The third-order valence-corrected chi connectivity index (χ3v) is 8.24. The standard InChI is InChI=1S/C15H20N2O6S2/c1-2-17(13-7-10-24(19,20)11-13)25(21,22)14-5-3-12(4-6-14)16-8-9-23-15(16)18/h3-6,13H,2,7-11H2,1H3. The summed E-state index contributed by atoms with van der Waals surface area (Å²) in [7, 11) is -6.99. The van der Waals surface area contributed by atoms with Crippen LogP contribution in [0.25, 0.3) is 0 Å². The van der Waals surface area contributed by atoms with Gasteiger partial charge in [0.25, 0.3) is 0 Å². The SMILES string of the molecule is CCN(C1CCS(=O)(=O)C1)S(=O)(=O)c1ccc(N2CCOC2=O)cc1. The smallest absolute Gasteiger partial charge is 0.414 e. The highest BCUT2D eigenvalue weighted by Crippen LogP contribution is 2.27. The van der Waals surface area contributed by atoms with Crippen LogP contribution in [0.5, 0.6) is 0 Å². The lowest BCUT2D eigenvalue weighted by Crippen LogP contribution is -2.40. The van der Waals surface area contributed by atoms with Crippen LogP contribution in [-0.2, 0) is 24.6 Å². The zero-order valence-corrected chi connectivity index (χ0v) is 15.4. The number of hydrogen-bond acceptors (Lipinski definition) is 6. The molecule has 138 valence electrons. The van der Waals surface area contributed by atoms with E-state index in [0.29, 0.717) is 25.3 Å². The van der Waals surface area contributed by atoms with Crippen molar-refractivity contribution < 1.29 is 26.4 Å². The number of ether oxygens (including phenoxy) is 1. The van der Waals surface area contributed by atoms with Gasteiger partial charge in [-0.15, -0.1) is 0 Å². The van der Waals surface area contributed by atoms with E-state index in [1.807, 2.05) is 0 Å². The van der Waals surface area contributed by atoms with Crippen LogP contribution in [0.3, 0.4) is 0 Å². The Balaban J connectivity index is 1.84. The van der Waals surface area contributed by atoms with Gasteiger partial charge in [0.2, 0.25) is 10.0 Å². The fraction of sp³-hybridized carbons (Fsp3) is 0.533. The minimum absolute atomic E-state index is 0.0136.